The number of carbonyl (C=O) groups is 2. The van der Waals surface area contributed by atoms with Crippen LogP contribution in [0.2, 0.25) is 0 Å². The molecule has 1 aliphatic rings. The van der Waals surface area contributed by atoms with Gasteiger partial charge < -0.3 is 14.2 Å². The van der Waals surface area contributed by atoms with E-state index in [4.69, 9.17) is 14.2 Å². The molecule has 1 aromatic heterocycles. The molecule has 0 radical (unpaired) electrons. The molecule has 0 saturated carbocycles. The summed E-state index contributed by atoms with van der Waals surface area (Å²) in [7, 11) is -3.16. The molecule has 8 nitrogen and oxygen atoms in total. The molecule has 1 saturated heterocycles. The fourth-order valence-corrected chi connectivity index (χ4v) is 7.14. The molecule has 0 bridgehead atoms. The van der Waals surface area contributed by atoms with Gasteiger partial charge in [0.25, 0.3) is 0 Å². The van der Waals surface area contributed by atoms with Crippen LogP contribution in [0.5, 0.6) is 0 Å². The van der Waals surface area contributed by atoms with Crippen molar-refractivity contribution in [2.75, 3.05) is 39.5 Å². The van der Waals surface area contributed by atoms with Crippen LogP contribution in [0, 0.1) is 0 Å². The van der Waals surface area contributed by atoms with Gasteiger partial charge in [-0.1, -0.05) is 25.6 Å². The quantitative estimate of drug-likeness (QED) is 0.282. The number of ether oxygens (including phenoxy) is 3. The predicted octanol–water partition coefficient (Wildman–Crippen LogP) is 4.20. The van der Waals surface area contributed by atoms with E-state index in [2.05, 4.69) is 11.7 Å². The number of fused-ring (bicyclic) bond motifs is 1. The van der Waals surface area contributed by atoms with Gasteiger partial charge >= 0.3 is 11.9 Å². The number of hydrogen-bond acceptors (Lipinski definition) is 7. The number of hydrogen-bond donors (Lipinski definition) is 1. The number of morpholine rings is 1. The molecule has 1 aromatic carbocycles. The molecule has 1 N–H and O–H groups in total. The Balaban J connectivity index is 1.82. The lowest BCUT2D eigenvalue weighted by atomic mass is 10.2. The molecular weight excluding hydrogens is 463 g/mol. The van der Waals surface area contributed by atoms with Gasteiger partial charge in [-0.25, -0.2) is 14.6 Å². The van der Waals surface area contributed by atoms with Gasteiger partial charge in [0, 0.05) is 17.8 Å². The van der Waals surface area contributed by atoms with Gasteiger partial charge in [-0.05, 0) is 42.5 Å². The molecule has 3 rings (SSSR count). The zero-order chi connectivity index (χ0) is 23.8. The Labute approximate surface area is 198 Å². The molecule has 0 aliphatic carbocycles. The summed E-state index contributed by atoms with van der Waals surface area (Å²) >= 11 is 1.35. The summed E-state index contributed by atoms with van der Waals surface area (Å²) < 4.78 is 32.8. The third-order valence-electron chi connectivity index (χ3n) is 5.15. The van der Waals surface area contributed by atoms with Crippen LogP contribution in [0.1, 0.15) is 35.5 Å². The van der Waals surface area contributed by atoms with E-state index in [1.165, 1.54) is 17.4 Å². The zero-order valence-corrected chi connectivity index (χ0v) is 20.8. The molecule has 0 amide bonds. The third kappa shape index (κ3) is 6.74. The molecule has 0 spiro atoms. The minimum absolute atomic E-state index is 0.158. The smallest absolute Gasteiger partial charge is 0.348 e. The van der Waals surface area contributed by atoms with Crippen molar-refractivity contribution < 1.29 is 28.4 Å². The van der Waals surface area contributed by atoms with E-state index < -0.39 is 25.4 Å². The van der Waals surface area contributed by atoms with Crippen LogP contribution in [0.25, 0.3) is 10.1 Å². The van der Waals surface area contributed by atoms with Gasteiger partial charge in [0.05, 0.1) is 26.0 Å². The highest BCUT2D eigenvalue weighted by atomic mass is 32.1. The second kappa shape index (κ2) is 11.9. The summed E-state index contributed by atoms with van der Waals surface area (Å²) in [6.07, 6.45) is 2.49. The van der Waals surface area contributed by atoms with Crippen molar-refractivity contribution in [1.82, 2.24) is 9.76 Å². The topological polar surface area (TPSA) is 94.2 Å². The Morgan fingerprint density at radius 1 is 1.30 bits per heavy atom. The molecule has 180 valence electrons. The van der Waals surface area contributed by atoms with Gasteiger partial charge in [-0.2, -0.15) is 0 Å². The van der Waals surface area contributed by atoms with Crippen LogP contribution < -0.4 is 5.09 Å². The highest BCUT2D eigenvalue weighted by Crippen LogP contribution is 2.50. The molecule has 2 aromatic rings. The van der Waals surface area contributed by atoms with Crippen molar-refractivity contribution in [2.45, 2.75) is 32.5 Å². The highest BCUT2D eigenvalue weighted by Gasteiger charge is 2.35. The van der Waals surface area contributed by atoms with Crippen molar-refractivity contribution in [3.05, 3.63) is 47.4 Å². The second-order valence-electron chi connectivity index (χ2n) is 7.81. The minimum Gasteiger partial charge on any atom is -0.465 e. The summed E-state index contributed by atoms with van der Waals surface area (Å²) in [6.45, 7) is 9.65. The van der Waals surface area contributed by atoms with Gasteiger partial charge in [-0.15, -0.1) is 11.3 Å². The fourth-order valence-electron chi connectivity index (χ4n) is 3.53. The molecule has 33 heavy (non-hydrogen) atoms. The van der Waals surface area contributed by atoms with Gasteiger partial charge in [-0.3, -0.25) is 9.36 Å². The average molecular weight is 495 g/mol. The van der Waals surface area contributed by atoms with Crippen molar-refractivity contribution in [2.24, 2.45) is 0 Å². The summed E-state index contributed by atoms with van der Waals surface area (Å²) in [5.74, 6) is -0.806. The number of thiophene rings is 1. The van der Waals surface area contributed by atoms with Gasteiger partial charge in [0.2, 0.25) is 7.44 Å². The first-order chi connectivity index (χ1) is 15.9. The molecule has 1 fully saturated rings. The summed E-state index contributed by atoms with van der Waals surface area (Å²) in [6, 6.07) is 6.84. The van der Waals surface area contributed by atoms with E-state index in [0.717, 1.165) is 22.1 Å². The molecule has 2 unspecified atom stereocenters. The number of nitrogens with zero attached hydrogens (tertiary/aromatic N) is 1. The third-order valence-corrected chi connectivity index (χ3v) is 9.15. The first-order valence-electron chi connectivity index (χ1n) is 11.0. The number of esters is 2. The van der Waals surface area contributed by atoms with Crippen molar-refractivity contribution >= 4 is 40.8 Å². The maximum atomic E-state index is 14.2. The predicted molar refractivity (Wildman–Crippen MR) is 130 cm³/mol. The van der Waals surface area contributed by atoms with Gasteiger partial charge in [0.15, 0.2) is 0 Å². The van der Waals surface area contributed by atoms with Crippen molar-refractivity contribution in [3.63, 3.8) is 0 Å². The van der Waals surface area contributed by atoms with Crippen molar-refractivity contribution in [1.29, 1.82) is 0 Å². The van der Waals surface area contributed by atoms with Crippen LogP contribution in [0.15, 0.2) is 36.9 Å². The number of nitrogens with one attached hydrogen (secondary N) is 1. The SMILES string of the molecule is C=CCOC(=O)c1cc2cc(CP(=O)(NC(C)C(=O)OCCC)N3CCOCC3)ccc2s1. The lowest BCUT2D eigenvalue weighted by Crippen LogP contribution is -2.42. The Kier molecular flexibility index (Phi) is 9.23. The molecule has 2 atom stereocenters. The number of rotatable bonds is 11. The normalized spacial score (nSPS) is 17.3. The van der Waals surface area contributed by atoms with Crippen LogP contribution in [-0.4, -0.2) is 62.2 Å². The Hall–Kier alpha value is -2.03. The maximum Gasteiger partial charge on any atom is 0.348 e. The molecule has 2 heterocycles. The number of benzene rings is 1. The van der Waals surface area contributed by atoms with E-state index >= 15 is 0 Å². The lowest BCUT2D eigenvalue weighted by Gasteiger charge is -2.36. The first kappa shape index (κ1) is 25.6. The Morgan fingerprint density at radius 3 is 2.76 bits per heavy atom. The van der Waals surface area contributed by atoms with Crippen LogP contribution in [0.4, 0.5) is 0 Å². The maximum absolute atomic E-state index is 14.2. The van der Waals surface area contributed by atoms with Crippen LogP contribution in [-0.2, 0) is 29.7 Å². The zero-order valence-electron chi connectivity index (χ0n) is 19.1. The summed E-state index contributed by atoms with van der Waals surface area (Å²) in [5, 5.41) is 3.97. The van der Waals surface area contributed by atoms with Crippen LogP contribution in [0.3, 0.4) is 0 Å². The molecular formula is C23H31N2O6PS. The Morgan fingerprint density at radius 2 is 2.06 bits per heavy atom. The van der Waals surface area contributed by atoms with E-state index in [1.807, 2.05) is 29.8 Å². The highest BCUT2D eigenvalue weighted by molar-refractivity contribution is 7.58. The molecule has 1 aliphatic heterocycles. The minimum atomic E-state index is -3.16. The van der Waals surface area contributed by atoms with E-state index in [0.29, 0.717) is 37.8 Å². The summed E-state index contributed by atoms with van der Waals surface area (Å²) in [5.41, 5.74) is 0.850. The summed E-state index contributed by atoms with van der Waals surface area (Å²) in [4.78, 5) is 25.0. The first-order valence-corrected chi connectivity index (χ1v) is 13.7. The Bertz CT molecular complexity index is 1030. The largest absolute Gasteiger partial charge is 0.465 e. The number of carbonyl (C=O) groups excluding carboxylic acids is 2. The molecule has 10 heteroatoms. The average Bonchev–Trinajstić information content (AvgIpc) is 3.25. The van der Waals surface area contributed by atoms with E-state index in [9.17, 15) is 14.2 Å². The second-order valence-corrected chi connectivity index (χ2v) is 11.4. The van der Waals surface area contributed by atoms with Crippen LogP contribution >= 0.6 is 18.8 Å². The van der Waals surface area contributed by atoms with Crippen molar-refractivity contribution in [3.8, 4) is 0 Å². The van der Waals surface area contributed by atoms with E-state index in [-0.39, 0.29) is 12.8 Å². The van der Waals surface area contributed by atoms with E-state index in [1.54, 1.807) is 13.0 Å². The monoisotopic (exact) mass is 494 g/mol. The fraction of sp³-hybridized carbons (Fsp3) is 0.478. The van der Waals surface area contributed by atoms with Gasteiger partial charge in [0.1, 0.15) is 17.5 Å². The lowest BCUT2D eigenvalue weighted by molar-refractivity contribution is -0.145. The standard InChI is InChI=1S/C23H31N2O6PS/c1-4-10-30-22(26)17(3)24-32(28,25-8-12-29-13-9-25)16-18-6-7-20-19(14-18)15-21(33-20)23(27)31-11-5-2/h5-7,14-15,17H,2,4,8-13,16H2,1,3H3,(H,24,28).